The number of ether oxygens (including phenoxy) is 1. The zero-order valence-electron chi connectivity index (χ0n) is 7.88. The van der Waals surface area contributed by atoms with Crippen LogP contribution in [0.4, 0.5) is 5.82 Å². The molecule has 0 aromatic carbocycles. The lowest BCUT2D eigenvalue weighted by Gasteiger charge is -2.16. The molecule has 6 heteroatoms. The van der Waals surface area contributed by atoms with Gasteiger partial charge in [0.2, 0.25) is 0 Å². The molecule has 1 aromatic rings. The topological polar surface area (TPSA) is 90.4 Å². The van der Waals surface area contributed by atoms with E-state index in [1.807, 2.05) is 0 Å². The second-order valence-corrected chi connectivity index (χ2v) is 2.74. The van der Waals surface area contributed by atoms with Crippen LogP contribution in [0.15, 0.2) is 17.1 Å². The lowest BCUT2D eigenvalue weighted by Crippen LogP contribution is -2.28. The molecule has 0 spiro atoms. The zero-order chi connectivity index (χ0) is 10.6. The van der Waals surface area contributed by atoms with Gasteiger partial charge in [-0.3, -0.25) is 4.57 Å². The van der Waals surface area contributed by atoms with Crippen molar-refractivity contribution in [2.75, 3.05) is 19.5 Å². The van der Waals surface area contributed by atoms with Gasteiger partial charge >= 0.3 is 5.69 Å². The number of nitrogen functional groups attached to an aromatic ring is 1. The van der Waals surface area contributed by atoms with Gasteiger partial charge in [0, 0.05) is 26.3 Å². The Labute approximate surface area is 80.9 Å². The van der Waals surface area contributed by atoms with Crippen LogP contribution in [0.25, 0.3) is 0 Å². The summed E-state index contributed by atoms with van der Waals surface area (Å²) in [5, 5.41) is 8.73. The van der Waals surface area contributed by atoms with Crippen molar-refractivity contribution in [2.24, 2.45) is 0 Å². The fourth-order valence-electron chi connectivity index (χ4n) is 1.13. The normalized spacial score (nSPS) is 12.7. The zero-order valence-corrected chi connectivity index (χ0v) is 7.88. The van der Waals surface area contributed by atoms with Gasteiger partial charge in [-0.05, 0) is 6.07 Å². The molecular formula is C8H13N3O3. The number of nitrogens with zero attached hydrogens (tertiary/aromatic N) is 2. The summed E-state index contributed by atoms with van der Waals surface area (Å²) < 4.78 is 6.30. The second kappa shape index (κ2) is 4.73. The number of aliphatic hydroxyl groups excluding tert-OH is 1. The molecule has 0 saturated heterocycles. The maximum Gasteiger partial charge on any atom is 0.351 e. The molecule has 0 aliphatic rings. The molecule has 0 aliphatic heterocycles. The number of hydrogen-bond donors (Lipinski definition) is 2. The fourth-order valence-corrected chi connectivity index (χ4v) is 1.13. The Hall–Kier alpha value is -1.40. The average Bonchev–Trinajstić information content (AvgIpc) is 2.15. The van der Waals surface area contributed by atoms with Crippen molar-refractivity contribution in [3.63, 3.8) is 0 Å². The number of hydrogen-bond acceptors (Lipinski definition) is 5. The summed E-state index contributed by atoms with van der Waals surface area (Å²) in [7, 11) is 1.46. The predicted molar refractivity (Wildman–Crippen MR) is 50.7 cm³/mol. The first-order valence-electron chi connectivity index (χ1n) is 4.17. The molecular weight excluding hydrogens is 186 g/mol. The summed E-state index contributed by atoms with van der Waals surface area (Å²) in [5.41, 5.74) is 4.85. The van der Waals surface area contributed by atoms with E-state index in [0.29, 0.717) is 6.42 Å². The summed E-state index contributed by atoms with van der Waals surface area (Å²) in [5.74, 6) is 0.171. The van der Waals surface area contributed by atoms with Gasteiger partial charge in [0.15, 0.2) is 0 Å². The molecule has 0 fully saturated rings. The SMILES string of the molecule is CO[C@@H](CCO)n1ccc(N)nc1=O. The molecule has 1 atom stereocenters. The highest BCUT2D eigenvalue weighted by Crippen LogP contribution is 2.08. The third kappa shape index (κ3) is 2.30. The first-order valence-corrected chi connectivity index (χ1v) is 4.17. The Balaban J connectivity index is 2.98. The molecule has 0 bridgehead atoms. The summed E-state index contributed by atoms with van der Waals surface area (Å²) in [6, 6.07) is 1.50. The van der Waals surface area contributed by atoms with E-state index in [2.05, 4.69) is 4.98 Å². The van der Waals surface area contributed by atoms with E-state index in [-0.39, 0.29) is 12.4 Å². The van der Waals surface area contributed by atoms with Crippen molar-refractivity contribution in [3.8, 4) is 0 Å². The summed E-state index contributed by atoms with van der Waals surface area (Å²) >= 11 is 0. The Morgan fingerprint density at radius 2 is 2.50 bits per heavy atom. The van der Waals surface area contributed by atoms with Crippen LogP contribution < -0.4 is 11.4 Å². The summed E-state index contributed by atoms with van der Waals surface area (Å²) in [6.07, 6.45) is 1.33. The molecule has 78 valence electrons. The van der Waals surface area contributed by atoms with Crippen molar-refractivity contribution in [3.05, 3.63) is 22.7 Å². The van der Waals surface area contributed by atoms with Crippen LogP contribution >= 0.6 is 0 Å². The molecule has 1 aromatic heterocycles. The third-order valence-corrected chi connectivity index (χ3v) is 1.81. The molecule has 0 saturated carbocycles. The van der Waals surface area contributed by atoms with Gasteiger partial charge in [0.05, 0.1) is 0 Å². The minimum atomic E-state index is -0.499. The number of nitrogens with two attached hydrogens (primary N) is 1. The van der Waals surface area contributed by atoms with Crippen LogP contribution in [0.1, 0.15) is 12.6 Å². The molecule has 1 heterocycles. The largest absolute Gasteiger partial charge is 0.396 e. The van der Waals surface area contributed by atoms with Gasteiger partial charge in [0.25, 0.3) is 0 Å². The third-order valence-electron chi connectivity index (χ3n) is 1.81. The van der Waals surface area contributed by atoms with E-state index in [4.69, 9.17) is 15.6 Å². The number of methoxy groups -OCH3 is 1. The molecule has 0 radical (unpaired) electrons. The van der Waals surface area contributed by atoms with E-state index in [9.17, 15) is 4.79 Å². The van der Waals surface area contributed by atoms with E-state index >= 15 is 0 Å². The number of aromatic nitrogens is 2. The standard InChI is InChI=1S/C8H13N3O3/c1-14-7(3-5-12)11-4-2-6(9)10-8(11)13/h2,4,7,12H,3,5H2,1H3,(H2,9,10,13)/t7-/m0/s1. The lowest BCUT2D eigenvalue weighted by atomic mass is 10.4. The molecule has 0 aliphatic carbocycles. The van der Waals surface area contributed by atoms with Gasteiger partial charge < -0.3 is 15.6 Å². The molecule has 0 amide bonds. The number of aliphatic hydroxyl groups is 1. The van der Waals surface area contributed by atoms with Gasteiger partial charge in [-0.25, -0.2) is 4.79 Å². The Morgan fingerprint density at radius 1 is 1.79 bits per heavy atom. The number of anilines is 1. The molecule has 14 heavy (non-hydrogen) atoms. The lowest BCUT2D eigenvalue weighted by molar-refractivity contribution is 0.0198. The van der Waals surface area contributed by atoms with Crippen LogP contribution in [-0.2, 0) is 4.74 Å². The van der Waals surface area contributed by atoms with Crippen LogP contribution in [-0.4, -0.2) is 28.4 Å². The monoisotopic (exact) mass is 199 g/mol. The van der Waals surface area contributed by atoms with Crippen molar-refractivity contribution in [1.82, 2.24) is 9.55 Å². The van der Waals surface area contributed by atoms with Crippen molar-refractivity contribution in [2.45, 2.75) is 12.6 Å². The van der Waals surface area contributed by atoms with Crippen LogP contribution in [0.3, 0.4) is 0 Å². The maximum atomic E-state index is 11.3. The van der Waals surface area contributed by atoms with Gasteiger partial charge in [-0.1, -0.05) is 0 Å². The van der Waals surface area contributed by atoms with Gasteiger partial charge in [-0.15, -0.1) is 0 Å². The molecule has 0 unspecified atom stereocenters. The van der Waals surface area contributed by atoms with E-state index in [1.54, 1.807) is 0 Å². The van der Waals surface area contributed by atoms with E-state index in [1.165, 1.54) is 23.9 Å². The minimum absolute atomic E-state index is 0.0602. The van der Waals surface area contributed by atoms with Gasteiger partial charge in [0.1, 0.15) is 12.0 Å². The highest BCUT2D eigenvalue weighted by molar-refractivity contribution is 5.23. The highest BCUT2D eigenvalue weighted by Gasteiger charge is 2.10. The van der Waals surface area contributed by atoms with Crippen molar-refractivity contribution >= 4 is 5.82 Å². The van der Waals surface area contributed by atoms with E-state index in [0.717, 1.165) is 0 Å². The van der Waals surface area contributed by atoms with E-state index < -0.39 is 11.9 Å². The number of rotatable bonds is 4. The Bertz CT molecular complexity index is 350. The molecule has 3 N–H and O–H groups in total. The summed E-state index contributed by atoms with van der Waals surface area (Å²) in [6.45, 7) is -0.0602. The molecule has 6 nitrogen and oxygen atoms in total. The first-order chi connectivity index (χ1) is 6.69. The van der Waals surface area contributed by atoms with Crippen molar-refractivity contribution < 1.29 is 9.84 Å². The van der Waals surface area contributed by atoms with Gasteiger partial charge in [-0.2, -0.15) is 4.98 Å². The van der Waals surface area contributed by atoms with Crippen molar-refractivity contribution in [1.29, 1.82) is 0 Å². The fraction of sp³-hybridized carbons (Fsp3) is 0.500. The van der Waals surface area contributed by atoms with Crippen LogP contribution in [0, 0.1) is 0 Å². The highest BCUT2D eigenvalue weighted by atomic mass is 16.5. The average molecular weight is 199 g/mol. The van der Waals surface area contributed by atoms with Crippen LogP contribution in [0.2, 0.25) is 0 Å². The second-order valence-electron chi connectivity index (χ2n) is 2.74. The first kappa shape index (κ1) is 10.7. The predicted octanol–water partition coefficient (Wildman–Crippen LogP) is -0.647. The summed E-state index contributed by atoms with van der Waals surface area (Å²) in [4.78, 5) is 14.9. The van der Waals surface area contributed by atoms with Crippen LogP contribution in [0.5, 0.6) is 0 Å². The Morgan fingerprint density at radius 3 is 3.00 bits per heavy atom. The minimum Gasteiger partial charge on any atom is -0.396 e. The molecule has 1 rings (SSSR count). The quantitative estimate of drug-likeness (QED) is 0.672. The smallest absolute Gasteiger partial charge is 0.351 e. The Kier molecular flexibility index (Phi) is 3.61. The maximum absolute atomic E-state index is 11.3.